The first-order valence-electron chi connectivity index (χ1n) is 6.80. The normalized spacial score (nSPS) is 13.3. The highest BCUT2D eigenvalue weighted by Crippen LogP contribution is 2.37. The molecular weight excluding hydrogens is 395 g/mol. The van der Waals surface area contributed by atoms with E-state index in [9.17, 15) is 10.1 Å². The van der Waals surface area contributed by atoms with Crippen molar-refractivity contribution in [3.05, 3.63) is 49.4 Å². The summed E-state index contributed by atoms with van der Waals surface area (Å²) in [7, 11) is 0. The zero-order chi connectivity index (χ0) is 14.8. The molecule has 1 N–H and O–H groups in total. The lowest BCUT2D eigenvalue weighted by atomic mass is 9.96. The standard InChI is InChI=1S/C16H13IN2OS/c17-11-5-3-4-10(8-11)15(20)19-16-13(9-18)12-6-1-2-7-14(12)21-16/h3-5,8H,1-2,6-7H2,(H,19,20). The van der Waals surface area contributed by atoms with E-state index in [0.717, 1.165) is 28.4 Å². The number of hydrogen-bond donors (Lipinski definition) is 1. The summed E-state index contributed by atoms with van der Waals surface area (Å²) in [5.41, 5.74) is 2.43. The molecule has 1 aliphatic carbocycles. The molecule has 0 spiro atoms. The fourth-order valence-corrected chi connectivity index (χ4v) is 4.36. The van der Waals surface area contributed by atoms with Crippen molar-refractivity contribution in [1.29, 1.82) is 5.26 Å². The van der Waals surface area contributed by atoms with Crippen molar-refractivity contribution in [2.75, 3.05) is 5.32 Å². The van der Waals surface area contributed by atoms with Crippen LogP contribution in [0.2, 0.25) is 0 Å². The van der Waals surface area contributed by atoms with Crippen LogP contribution in [0.25, 0.3) is 0 Å². The zero-order valence-electron chi connectivity index (χ0n) is 11.3. The Morgan fingerprint density at radius 3 is 2.90 bits per heavy atom. The van der Waals surface area contributed by atoms with Crippen LogP contribution in [0.3, 0.4) is 0 Å². The van der Waals surface area contributed by atoms with Gasteiger partial charge in [-0.1, -0.05) is 6.07 Å². The number of hydrogen-bond acceptors (Lipinski definition) is 3. The number of rotatable bonds is 2. The number of nitrogens with one attached hydrogen (secondary N) is 1. The average Bonchev–Trinajstić information content (AvgIpc) is 2.84. The molecule has 21 heavy (non-hydrogen) atoms. The molecule has 3 nitrogen and oxygen atoms in total. The van der Waals surface area contributed by atoms with Crippen LogP contribution in [-0.2, 0) is 12.8 Å². The molecule has 1 aliphatic rings. The maximum Gasteiger partial charge on any atom is 0.256 e. The maximum absolute atomic E-state index is 12.3. The van der Waals surface area contributed by atoms with Gasteiger partial charge in [0.2, 0.25) is 0 Å². The summed E-state index contributed by atoms with van der Waals surface area (Å²) >= 11 is 3.74. The minimum Gasteiger partial charge on any atom is -0.312 e. The molecule has 2 aromatic rings. The smallest absolute Gasteiger partial charge is 0.256 e. The quantitative estimate of drug-likeness (QED) is 0.751. The second kappa shape index (κ2) is 6.16. The number of nitrogens with zero attached hydrogens (tertiary/aromatic N) is 1. The Balaban J connectivity index is 1.90. The molecule has 1 amide bonds. The molecule has 0 saturated carbocycles. The van der Waals surface area contributed by atoms with Crippen molar-refractivity contribution < 1.29 is 4.79 Å². The molecular formula is C16H13IN2OS. The van der Waals surface area contributed by atoms with E-state index in [4.69, 9.17) is 0 Å². The number of nitriles is 1. The number of benzene rings is 1. The van der Waals surface area contributed by atoms with E-state index in [1.165, 1.54) is 11.3 Å². The van der Waals surface area contributed by atoms with Crippen LogP contribution in [0.15, 0.2) is 24.3 Å². The van der Waals surface area contributed by atoms with E-state index >= 15 is 0 Å². The fraction of sp³-hybridized carbons (Fsp3) is 0.250. The van der Waals surface area contributed by atoms with Crippen LogP contribution in [0.5, 0.6) is 0 Å². The van der Waals surface area contributed by atoms with Gasteiger partial charge >= 0.3 is 0 Å². The van der Waals surface area contributed by atoms with Gasteiger partial charge in [0.1, 0.15) is 11.1 Å². The van der Waals surface area contributed by atoms with Crippen LogP contribution in [0, 0.1) is 14.9 Å². The number of thiophene rings is 1. The minimum atomic E-state index is -0.149. The van der Waals surface area contributed by atoms with Gasteiger partial charge in [-0.15, -0.1) is 11.3 Å². The second-order valence-electron chi connectivity index (χ2n) is 4.99. The number of halogens is 1. The van der Waals surface area contributed by atoms with Crippen LogP contribution in [0.1, 0.15) is 39.2 Å². The predicted molar refractivity (Wildman–Crippen MR) is 92.8 cm³/mol. The molecule has 0 fully saturated rings. The molecule has 106 valence electrons. The zero-order valence-corrected chi connectivity index (χ0v) is 14.3. The first-order valence-corrected chi connectivity index (χ1v) is 8.70. The van der Waals surface area contributed by atoms with Gasteiger partial charge in [-0.3, -0.25) is 4.79 Å². The molecule has 0 bridgehead atoms. The number of fused-ring (bicyclic) bond motifs is 1. The summed E-state index contributed by atoms with van der Waals surface area (Å²) in [6.07, 6.45) is 4.27. The van der Waals surface area contributed by atoms with Crippen molar-refractivity contribution in [3.8, 4) is 6.07 Å². The van der Waals surface area contributed by atoms with Crippen molar-refractivity contribution in [2.45, 2.75) is 25.7 Å². The largest absolute Gasteiger partial charge is 0.312 e. The van der Waals surface area contributed by atoms with Crippen LogP contribution in [-0.4, -0.2) is 5.91 Å². The van der Waals surface area contributed by atoms with E-state index in [0.29, 0.717) is 16.1 Å². The first kappa shape index (κ1) is 14.5. The average molecular weight is 408 g/mol. The van der Waals surface area contributed by atoms with Crippen molar-refractivity contribution in [1.82, 2.24) is 0 Å². The van der Waals surface area contributed by atoms with Gasteiger partial charge in [0.15, 0.2) is 0 Å². The van der Waals surface area contributed by atoms with Gasteiger partial charge in [0.25, 0.3) is 5.91 Å². The summed E-state index contributed by atoms with van der Waals surface area (Å²) in [5.74, 6) is -0.149. The molecule has 0 atom stereocenters. The van der Waals surface area contributed by atoms with Crippen LogP contribution >= 0.6 is 33.9 Å². The third-order valence-electron chi connectivity index (χ3n) is 3.60. The molecule has 0 radical (unpaired) electrons. The SMILES string of the molecule is N#Cc1c(NC(=O)c2cccc(I)c2)sc2c1CCCC2. The second-order valence-corrected chi connectivity index (χ2v) is 7.34. The van der Waals surface area contributed by atoms with E-state index < -0.39 is 0 Å². The topological polar surface area (TPSA) is 52.9 Å². The summed E-state index contributed by atoms with van der Waals surface area (Å²) in [4.78, 5) is 13.6. The van der Waals surface area contributed by atoms with E-state index in [1.807, 2.05) is 18.2 Å². The Bertz CT molecular complexity index is 745. The maximum atomic E-state index is 12.3. The highest BCUT2D eigenvalue weighted by atomic mass is 127. The van der Waals surface area contributed by atoms with Crippen LogP contribution in [0.4, 0.5) is 5.00 Å². The Morgan fingerprint density at radius 2 is 2.14 bits per heavy atom. The van der Waals surface area contributed by atoms with Gasteiger partial charge in [0, 0.05) is 14.0 Å². The van der Waals surface area contributed by atoms with Gasteiger partial charge in [-0.05, 0) is 72.0 Å². The molecule has 1 aromatic carbocycles. The predicted octanol–water partition coefficient (Wildman–Crippen LogP) is 4.36. The molecule has 0 saturated heterocycles. The highest BCUT2D eigenvalue weighted by Gasteiger charge is 2.22. The number of carbonyl (C=O) groups excluding carboxylic acids is 1. The Labute approximate surface area is 141 Å². The van der Waals surface area contributed by atoms with Gasteiger partial charge in [-0.2, -0.15) is 5.26 Å². The fourth-order valence-electron chi connectivity index (χ4n) is 2.58. The summed E-state index contributed by atoms with van der Waals surface area (Å²) < 4.78 is 1.02. The number of amides is 1. The molecule has 1 aromatic heterocycles. The van der Waals surface area contributed by atoms with Crippen molar-refractivity contribution >= 4 is 44.8 Å². The number of carbonyl (C=O) groups is 1. The van der Waals surface area contributed by atoms with Crippen molar-refractivity contribution in [3.63, 3.8) is 0 Å². The Hall–Kier alpha value is -1.39. The highest BCUT2D eigenvalue weighted by molar-refractivity contribution is 14.1. The van der Waals surface area contributed by atoms with Crippen LogP contribution < -0.4 is 5.32 Å². The number of anilines is 1. The lowest BCUT2D eigenvalue weighted by Crippen LogP contribution is -2.12. The minimum absolute atomic E-state index is 0.149. The van der Waals surface area contributed by atoms with E-state index in [2.05, 4.69) is 34.0 Å². The lowest BCUT2D eigenvalue weighted by Gasteiger charge is -2.09. The van der Waals surface area contributed by atoms with Gasteiger partial charge in [0.05, 0.1) is 5.56 Å². The molecule has 5 heteroatoms. The molecule has 3 rings (SSSR count). The van der Waals surface area contributed by atoms with Gasteiger partial charge < -0.3 is 5.32 Å². The third-order valence-corrected chi connectivity index (χ3v) is 5.48. The van der Waals surface area contributed by atoms with Gasteiger partial charge in [-0.25, -0.2) is 0 Å². The summed E-state index contributed by atoms with van der Waals surface area (Å²) in [6.45, 7) is 0. The monoisotopic (exact) mass is 408 g/mol. The molecule has 0 unspecified atom stereocenters. The summed E-state index contributed by atoms with van der Waals surface area (Å²) in [6, 6.07) is 9.71. The lowest BCUT2D eigenvalue weighted by molar-refractivity contribution is 0.102. The Morgan fingerprint density at radius 1 is 1.33 bits per heavy atom. The summed E-state index contributed by atoms with van der Waals surface area (Å²) in [5, 5.41) is 13.0. The first-order chi connectivity index (χ1) is 10.2. The molecule has 0 aliphatic heterocycles. The van der Waals surface area contributed by atoms with E-state index in [-0.39, 0.29) is 5.91 Å². The number of aryl methyl sites for hydroxylation is 1. The Kier molecular flexibility index (Phi) is 4.27. The third kappa shape index (κ3) is 2.97. The van der Waals surface area contributed by atoms with E-state index in [1.54, 1.807) is 17.4 Å². The van der Waals surface area contributed by atoms with Crippen molar-refractivity contribution in [2.24, 2.45) is 0 Å². The molecule has 1 heterocycles.